The highest BCUT2D eigenvalue weighted by atomic mass is 35.5. The second-order valence-corrected chi connectivity index (χ2v) is 4.68. The van der Waals surface area contributed by atoms with Crippen LogP contribution in [0.3, 0.4) is 0 Å². The number of ether oxygens (including phenoxy) is 1. The largest absolute Gasteiger partial charge is 0.480 e. The van der Waals surface area contributed by atoms with Crippen LogP contribution >= 0.6 is 11.6 Å². The van der Waals surface area contributed by atoms with Gasteiger partial charge in [-0.2, -0.15) is 5.26 Å². The maximum absolute atomic E-state index is 13.5. The summed E-state index contributed by atoms with van der Waals surface area (Å²) < 4.78 is 18.8. The van der Waals surface area contributed by atoms with Gasteiger partial charge in [-0.05, 0) is 19.3 Å². The van der Waals surface area contributed by atoms with E-state index in [0.717, 1.165) is 6.07 Å². The van der Waals surface area contributed by atoms with Gasteiger partial charge in [-0.25, -0.2) is 4.39 Å². The Labute approximate surface area is 113 Å². The summed E-state index contributed by atoms with van der Waals surface area (Å²) in [7, 11) is 0. The van der Waals surface area contributed by atoms with Crippen molar-refractivity contribution >= 4 is 17.3 Å². The summed E-state index contributed by atoms with van der Waals surface area (Å²) in [6.07, 6.45) is -0.237. The molecule has 0 amide bonds. The van der Waals surface area contributed by atoms with Gasteiger partial charge in [-0.15, -0.1) is 0 Å². The molecule has 0 radical (unpaired) electrons. The van der Waals surface area contributed by atoms with E-state index in [9.17, 15) is 14.5 Å². The van der Waals surface area contributed by atoms with Crippen molar-refractivity contribution < 1.29 is 14.1 Å². The lowest BCUT2D eigenvalue weighted by Crippen LogP contribution is -2.22. The molecule has 1 fully saturated rings. The van der Waals surface area contributed by atoms with Gasteiger partial charge in [0, 0.05) is 12.1 Å². The summed E-state index contributed by atoms with van der Waals surface area (Å²) >= 11 is 5.81. The second-order valence-electron chi connectivity index (χ2n) is 4.27. The maximum atomic E-state index is 13.5. The summed E-state index contributed by atoms with van der Waals surface area (Å²) in [5.41, 5.74) is -0.385. The van der Waals surface area contributed by atoms with E-state index in [0.29, 0.717) is 19.3 Å². The van der Waals surface area contributed by atoms with Crippen LogP contribution in [0.25, 0.3) is 0 Å². The molecule has 2 rings (SSSR count). The average molecular weight is 285 g/mol. The molecule has 1 aromatic rings. The summed E-state index contributed by atoms with van der Waals surface area (Å²) in [5.74, 6) is -0.0939. The zero-order chi connectivity index (χ0) is 14.0. The average Bonchev–Trinajstić information content (AvgIpc) is 2.75. The van der Waals surface area contributed by atoms with Crippen LogP contribution < -0.4 is 4.74 Å². The molecule has 0 aliphatic heterocycles. The Morgan fingerprint density at radius 2 is 2.26 bits per heavy atom. The molecule has 0 unspecified atom stereocenters. The fourth-order valence-electron chi connectivity index (χ4n) is 2.04. The number of nitriles is 1. The highest BCUT2D eigenvalue weighted by Crippen LogP contribution is 2.36. The lowest BCUT2D eigenvalue weighted by atomic mass is 10.2. The van der Waals surface area contributed by atoms with Crippen molar-refractivity contribution in [3.05, 3.63) is 32.8 Å². The molecule has 100 valence electrons. The molecule has 1 aliphatic rings. The van der Waals surface area contributed by atoms with Gasteiger partial charge in [0.05, 0.1) is 15.5 Å². The van der Waals surface area contributed by atoms with E-state index in [4.69, 9.17) is 21.6 Å². The first-order valence-electron chi connectivity index (χ1n) is 5.71. The van der Waals surface area contributed by atoms with E-state index in [1.165, 1.54) is 6.07 Å². The molecular formula is C12H10ClFN2O3. The SMILES string of the molecule is N#Cc1cc([N+](=O)[O-])c(O[C@@H]2CCC[C@@H]2F)cc1Cl. The third kappa shape index (κ3) is 2.76. The van der Waals surface area contributed by atoms with E-state index < -0.39 is 17.2 Å². The molecule has 1 aliphatic carbocycles. The summed E-state index contributed by atoms with van der Waals surface area (Å²) in [6, 6.07) is 3.99. The first-order chi connectivity index (χ1) is 9.02. The summed E-state index contributed by atoms with van der Waals surface area (Å²) in [4.78, 5) is 10.3. The second kappa shape index (κ2) is 5.41. The van der Waals surface area contributed by atoms with Crippen molar-refractivity contribution in [2.24, 2.45) is 0 Å². The van der Waals surface area contributed by atoms with Crippen LogP contribution in [0, 0.1) is 21.4 Å². The number of benzene rings is 1. The van der Waals surface area contributed by atoms with Crippen LogP contribution in [0.2, 0.25) is 5.02 Å². The topological polar surface area (TPSA) is 76.2 Å². The molecule has 0 bridgehead atoms. The Morgan fingerprint density at radius 1 is 1.53 bits per heavy atom. The summed E-state index contributed by atoms with van der Waals surface area (Å²) in [6.45, 7) is 0. The van der Waals surface area contributed by atoms with Crippen molar-refractivity contribution in [3.63, 3.8) is 0 Å². The molecule has 0 N–H and O–H groups in total. The van der Waals surface area contributed by atoms with Crippen molar-refractivity contribution in [2.45, 2.75) is 31.5 Å². The van der Waals surface area contributed by atoms with Crippen LogP contribution in [0.5, 0.6) is 5.75 Å². The number of nitro benzene ring substituents is 1. The van der Waals surface area contributed by atoms with Crippen molar-refractivity contribution in [3.8, 4) is 11.8 Å². The number of halogens is 2. The van der Waals surface area contributed by atoms with Crippen LogP contribution in [0.4, 0.5) is 10.1 Å². The minimum Gasteiger partial charge on any atom is -0.480 e. The molecule has 5 nitrogen and oxygen atoms in total. The van der Waals surface area contributed by atoms with Crippen LogP contribution in [0.15, 0.2) is 12.1 Å². The molecule has 1 saturated carbocycles. The van der Waals surface area contributed by atoms with Gasteiger partial charge in [0.1, 0.15) is 18.3 Å². The zero-order valence-electron chi connectivity index (χ0n) is 9.81. The van der Waals surface area contributed by atoms with E-state index in [-0.39, 0.29) is 22.0 Å². The van der Waals surface area contributed by atoms with Gasteiger partial charge in [-0.1, -0.05) is 11.6 Å². The maximum Gasteiger partial charge on any atom is 0.312 e. The van der Waals surface area contributed by atoms with Gasteiger partial charge in [0.15, 0.2) is 5.75 Å². The summed E-state index contributed by atoms with van der Waals surface area (Å²) in [5, 5.41) is 19.8. The molecular weight excluding hydrogens is 275 g/mol. The van der Waals surface area contributed by atoms with Gasteiger partial charge < -0.3 is 4.74 Å². The Bertz CT molecular complexity index is 559. The minimum absolute atomic E-state index is 0.0102. The first kappa shape index (κ1) is 13.6. The molecule has 0 saturated heterocycles. The smallest absolute Gasteiger partial charge is 0.312 e. The van der Waals surface area contributed by atoms with Crippen LogP contribution in [0.1, 0.15) is 24.8 Å². The highest BCUT2D eigenvalue weighted by molar-refractivity contribution is 6.32. The Hall–Kier alpha value is -1.87. The van der Waals surface area contributed by atoms with E-state index >= 15 is 0 Å². The van der Waals surface area contributed by atoms with E-state index in [2.05, 4.69) is 0 Å². The zero-order valence-corrected chi connectivity index (χ0v) is 10.6. The Morgan fingerprint density at radius 3 is 2.79 bits per heavy atom. The lowest BCUT2D eigenvalue weighted by molar-refractivity contribution is -0.386. The third-order valence-electron chi connectivity index (χ3n) is 3.02. The van der Waals surface area contributed by atoms with Gasteiger partial charge >= 0.3 is 5.69 Å². The monoisotopic (exact) mass is 284 g/mol. The fraction of sp³-hybridized carbons (Fsp3) is 0.417. The minimum atomic E-state index is -1.13. The molecule has 0 aromatic heterocycles. The number of nitro groups is 1. The number of alkyl halides is 1. The van der Waals surface area contributed by atoms with Crippen molar-refractivity contribution in [1.29, 1.82) is 5.26 Å². The van der Waals surface area contributed by atoms with Crippen LogP contribution in [-0.4, -0.2) is 17.2 Å². The van der Waals surface area contributed by atoms with Crippen molar-refractivity contribution in [1.82, 2.24) is 0 Å². The van der Waals surface area contributed by atoms with E-state index in [1.807, 2.05) is 0 Å². The Kier molecular flexibility index (Phi) is 3.86. The molecule has 7 heteroatoms. The number of hydrogen-bond donors (Lipinski definition) is 0. The molecule has 0 spiro atoms. The number of hydrogen-bond acceptors (Lipinski definition) is 4. The molecule has 2 atom stereocenters. The van der Waals surface area contributed by atoms with Crippen LogP contribution in [-0.2, 0) is 0 Å². The van der Waals surface area contributed by atoms with Gasteiger partial charge in [-0.3, -0.25) is 10.1 Å². The standard InChI is InChI=1S/C12H10ClFN2O3/c13-8-5-12(19-11-3-1-2-9(11)14)10(16(17)18)4-7(8)6-15/h4-5,9,11H,1-3H2/t9-,11+/m0/s1. The van der Waals surface area contributed by atoms with E-state index in [1.54, 1.807) is 6.07 Å². The van der Waals surface area contributed by atoms with Gasteiger partial charge in [0.25, 0.3) is 0 Å². The molecule has 19 heavy (non-hydrogen) atoms. The predicted octanol–water partition coefficient (Wildman–Crippen LogP) is 3.39. The predicted molar refractivity (Wildman–Crippen MR) is 66.0 cm³/mol. The number of rotatable bonds is 3. The fourth-order valence-corrected chi connectivity index (χ4v) is 2.24. The quantitative estimate of drug-likeness (QED) is 0.630. The molecule has 1 aromatic carbocycles. The highest BCUT2D eigenvalue weighted by Gasteiger charge is 2.31. The Balaban J connectivity index is 2.36. The normalized spacial score (nSPS) is 21.9. The number of nitrogens with zero attached hydrogens (tertiary/aromatic N) is 2. The van der Waals surface area contributed by atoms with Crippen molar-refractivity contribution in [2.75, 3.05) is 0 Å². The van der Waals surface area contributed by atoms with Gasteiger partial charge in [0.2, 0.25) is 0 Å². The first-order valence-corrected chi connectivity index (χ1v) is 6.09. The lowest BCUT2D eigenvalue weighted by Gasteiger charge is -2.16. The molecule has 0 heterocycles. The third-order valence-corrected chi connectivity index (χ3v) is 3.33.